The molecule has 6 heteroatoms. The van der Waals surface area contributed by atoms with Gasteiger partial charge in [-0.3, -0.25) is 19.3 Å². The standard InChI is InChI=1S/C14H17NO5/c1-4-13(17)15(9-14(18)19-3)11-7-5-6-8-12(11)20-10(2)16/h5-8H,4,9H2,1-3H3. The first-order chi connectivity index (χ1) is 9.49. The molecule has 1 rings (SSSR count). The third-order valence-electron chi connectivity index (χ3n) is 2.53. The van der Waals surface area contributed by atoms with Crippen molar-refractivity contribution in [3.63, 3.8) is 0 Å². The quantitative estimate of drug-likeness (QED) is 0.603. The zero-order chi connectivity index (χ0) is 15.1. The summed E-state index contributed by atoms with van der Waals surface area (Å²) in [6.07, 6.45) is 0.214. The Hall–Kier alpha value is -2.37. The van der Waals surface area contributed by atoms with Gasteiger partial charge in [-0.05, 0) is 12.1 Å². The van der Waals surface area contributed by atoms with Crippen LogP contribution >= 0.6 is 0 Å². The van der Waals surface area contributed by atoms with E-state index in [9.17, 15) is 14.4 Å². The molecular formula is C14H17NO5. The summed E-state index contributed by atoms with van der Waals surface area (Å²) in [6, 6.07) is 6.53. The summed E-state index contributed by atoms with van der Waals surface area (Å²) in [5.41, 5.74) is 0.361. The Morgan fingerprint density at radius 3 is 2.40 bits per heavy atom. The van der Waals surface area contributed by atoms with Crippen molar-refractivity contribution in [1.29, 1.82) is 0 Å². The summed E-state index contributed by atoms with van der Waals surface area (Å²) >= 11 is 0. The summed E-state index contributed by atoms with van der Waals surface area (Å²) < 4.78 is 9.63. The number of esters is 2. The van der Waals surface area contributed by atoms with Crippen molar-refractivity contribution in [2.45, 2.75) is 20.3 Å². The summed E-state index contributed by atoms with van der Waals surface area (Å²) in [7, 11) is 1.24. The van der Waals surface area contributed by atoms with Crippen LogP contribution in [0.2, 0.25) is 0 Å². The molecule has 0 saturated heterocycles. The van der Waals surface area contributed by atoms with Crippen molar-refractivity contribution < 1.29 is 23.9 Å². The minimum Gasteiger partial charge on any atom is -0.468 e. The number of para-hydroxylation sites is 2. The fraction of sp³-hybridized carbons (Fsp3) is 0.357. The number of hydrogen-bond acceptors (Lipinski definition) is 5. The molecule has 0 aliphatic carbocycles. The summed E-state index contributed by atoms with van der Waals surface area (Å²) in [5, 5.41) is 0. The van der Waals surface area contributed by atoms with Crippen LogP contribution in [0.4, 0.5) is 5.69 Å². The SMILES string of the molecule is CCC(=O)N(CC(=O)OC)c1ccccc1OC(C)=O. The van der Waals surface area contributed by atoms with E-state index in [4.69, 9.17) is 4.74 Å². The molecule has 0 aromatic heterocycles. The molecule has 1 amide bonds. The molecular weight excluding hydrogens is 262 g/mol. The van der Waals surface area contributed by atoms with Gasteiger partial charge in [-0.2, -0.15) is 0 Å². The van der Waals surface area contributed by atoms with Gasteiger partial charge >= 0.3 is 11.9 Å². The molecule has 6 nitrogen and oxygen atoms in total. The van der Waals surface area contributed by atoms with E-state index in [1.807, 2.05) is 0 Å². The minimum atomic E-state index is -0.551. The number of ether oxygens (including phenoxy) is 2. The molecule has 20 heavy (non-hydrogen) atoms. The Bertz CT molecular complexity index is 512. The number of benzene rings is 1. The number of carbonyl (C=O) groups excluding carboxylic acids is 3. The van der Waals surface area contributed by atoms with E-state index in [1.54, 1.807) is 31.2 Å². The normalized spacial score (nSPS) is 9.75. The molecule has 1 aromatic carbocycles. The highest BCUT2D eigenvalue weighted by Crippen LogP contribution is 2.28. The van der Waals surface area contributed by atoms with Crippen LogP contribution in [-0.4, -0.2) is 31.5 Å². The number of hydrogen-bond donors (Lipinski definition) is 0. The predicted molar refractivity (Wildman–Crippen MR) is 72.4 cm³/mol. The first-order valence-corrected chi connectivity index (χ1v) is 6.14. The average molecular weight is 279 g/mol. The number of carbonyl (C=O) groups is 3. The topological polar surface area (TPSA) is 72.9 Å². The zero-order valence-electron chi connectivity index (χ0n) is 11.7. The molecule has 0 spiro atoms. The largest absolute Gasteiger partial charge is 0.468 e. The molecule has 108 valence electrons. The van der Waals surface area contributed by atoms with Crippen molar-refractivity contribution in [3.8, 4) is 5.75 Å². The Morgan fingerprint density at radius 2 is 1.85 bits per heavy atom. The van der Waals surface area contributed by atoms with Gasteiger partial charge < -0.3 is 9.47 Å². The minimum absolute atomic E-state index is 0.214. The van der Waals surface area contributed by atoms with E-state index in [1.165, 1.54) is 18.9 Å². The summed E-state index contributed by atoms with van der Waals surface area (Å²) in [5.74, 6) is -1.09. The van der Waals surface area contributed by atoms with E-state index in [-0.39, 0.29) is 24.6 Å². The van der Waals surface area contributed by atoms with Crippen LogP contribution < -0.4 is 9.64 Å². The molecule has 0 aliphatic heterocycles. The van der Waals surface area contributed by atoms with E-state index in [0.717, 1.165) is 0 Å². The van der Waals surface area contributed by atoms with Crippen molar-refractivity contribution in [3.05, 3.63) is 24.3 Å². The van der Waals surface area contributed by atoms with Crippen molar-refractivity contribution in [2.24, 2.45) is 0 Å². The Labute approximate surface area is 117 Å². The second-order valence-electron chi connectivity index (χ2n) is 3.97. The van der Waals surface area contributed by atoms with Crippen molar-refractivity contribution in [1.82, 2.24) is 0 Å². The highest BCUT2D eigenvalue weighted by molar-refractivity contribution is 5.99. The summed E-state index contributed by atoms with van der Waals surface area (Å²) in [4.78, 5) is 35.7. The Kier molecular flexibility index (Phi) is 5.71. The molecule has 0 fully saturated rings. The molecule has 0 atom stereocenters. The second kappa shape index (κ2) is 7.28. The lowest BCUT2D eigenvalue weighted by molar-refractivity contribution is -0.140. The van der Waals surface area contributed by atoms with Gasteiger partial charge in [0.15, 0.2) is 5.75 Å². The van der Waals surface area contributed by atoms with Crippen LogP contribution in [0.1, 0.15) is 20.3 Å². The van der Waals surface area contributed by atoms with Crippen molar-refractivity contribution >= 4 is 23.5 Å². The Balaban J connectivity index is 3.15. The molecule has 1 aromatic rings. The molecule has 0 heterocycles. The maximum Gasteiger partial charge on any atom is 0.325 e. The van der Waals surface area contributed by atoms with Crippen LogP contribution in [0.25, 0.3) is 0 Å². The number of methoxy groups -OCH3 is 1. The van der Waals surface area contributed by atoms with Crippen LogP contribution in [0.3, 0.4) is 0 Å². The lowest BCUT2D eigenvalue weighted by Gasteiger charge is -2.23. The summed E-state index contributed by atoms with van der Waals surface area (Å²) in [6.45, 7) is 2.71. The lowest BCUT2D eigenvalue weighted by Crippen LogP contribution is -2.36. The smallest absolute Gasteiger partial charge is 0.325 e. The second-order valence-corrected chi connectivity index (χ2v) is 3.97. The molecule has 0 bridgehead atoms. The van der Waals surface area contributed by atoms with Crippen LogP contribution in [-0.2, 0) is 19.1 Å². The van der Waals surface area contributed by atoms with E-state index < -0.39 is 11.9 Å². The molecule has 0 N–H and O–H groups in total. The van der Waals surface area contributed by atoms with Crippen LogP contribution in [0.5, 0.6) is 5.75 Å². The maximum absolute atomic E-state index is 12.0. The van der Waals surface area contributed by atoms with Gasteiger partial charge in [0.1, 0.15) is 6.54 Å². The van der Waals surface area contributed by atoms with E-state index in [0.29, 0.717) is 5.69 Å². The highest BCUT2D eigenvalue weighted by atomic mass is 16.5. The molecule has 0 unspecified atom stereocenters. The Morgan fingerprint density at radius 1 is 1.20 bits per heavy atom. The van der Waals surface area contributed by atoms with E-state index >= 15 is 0 Å². The molecule has 0 radical (unpaired) electrons. The third-order valence-corrected chi connectivity index (χ3v) is 2.53. The monoisotopic (exact) mass is 279 g/mol. The van der Waals surface area contributed by atoms with Gasteiger partial charge in [-0.1, -0.05) is 19.1 Å². The molecule has 0 aliphatic rings. The first kappa shape index (κ1) is 15.7. The van der Waals surface area contributed by atoms with Gasteiger partial charge in [0.05, 0.1) is 12.8 Å². The highest BCUT2D eigenvalue weighted by Gasteiger charge is 2.21. The van der Waals surface area contributed by atoms with Crippen LogP contribution in [0, 0.1) is 0 Å². The van der Waals surface area contributed by atoms with Crippen LogP contribution in [0.15, 0.2) is 24.3 Å². The van der Waals surface area contributed by atoms with E-state index in [2.05, 4.69) is 4.74 Å². The average Bonchev–Trinajstić information content (AvgIpc) is 2.44. The number of rotatable bonds is 5. The van der Waals surface area contributed by atoms with Gasteiger partial charge in [0.2, 0.25) is 5.91 Å². The van der Waals surface area contributed by atoms with Gasteiger partial charge in [-0.25, -0.2) is 0 Å². The number of amides is 1. The number of nitrogens with zero attached hydrogens (tertiary/aromatic N) is 1. The fourth-order valence-electron chi connectivity index (χ4n) is 1.61. The van der Waals surface area contributed by atoms with Crippen molar-refractivity contribution in [2.75, 3.05) is 18.6 Å². The first-order valence-electron chi connectivity index (χ1n) is 6.14. The van der Waals surface area contributed by atoms with Gasteiger partial charge in [-0.15, -0.1) is 0 Å². The third kappa shape index (κ3) is 4.08. The predicted octanol–water partition coefficient (Wildman–Crippen LogP) is 1.53. The zero-order valence-corrected chi connectivity index (χ0v) is 11.7. The maximum atomic E-state index is 12.0. The van der Waals surface area contributed by atoms with Gasteiger partial charge in [0.25, 0.3) is 0 Å². The molecule has 0 saturated carbocycles. The fourth-order valence-corrected chi connectivity index (χ4v) is 1.61. The van der Waals surface area contributed by atoms with Gasteiger partial charge in [0, 0.05) is 13.3 Å². The number of anilines is 1. The lowest BCUT2D eigenvalue weighted by atomic mass is 10.2.